The SMILES string of the molecule is CC1CCCC(c2coc(-c3cc(Cl)ccc3-n3cc(C#N)nn3)cc2=O)c2cc(ccn2)-c2c(cnn2C(F)F)NC1=O. The summed E-state index contributed by atoms with van der Waals surface area (Å²) in [4.78, 5) is 31.1. The van der Waals surface area contributed by atoms with Gasteiger partial charge >= 0.3 is 6.55 Å². The molecule has 0 spiro atoms. The summed E-state index contributed by atoms with van der Waals surface area (Å²) in [5, 5.41) is 23.9. The quantitative estimate of drug-likeness (QED) is 0.260. The summed E-state index contributed by atoms with van der Waals surface area (Å²) in [7, 11) is 0. The van der Waals surface area contributed by atoms with Crippen molar-refractivity contribution in [2.75, 3.05) is 5.32 Å². The van der Waals surface area contributed by atoms with E-state index in [4.69, 9.17) is 21.3 Å². The summed E-state index contributed by atoms with van der Waals surface area (Å²) in [6.45, 7) is -1.20. The third kappa shape index (κ3) is 5.47. The van der Waals surface area contributed by atoms with Crippen LogP contribution in [0.2, 0.25) is 5.02 Å². The van der Waals surface area contributed by atoms with E-state index in [0.29, 0.717) is 57.0 Å². The second-order valence-corrected chi connectivity index (χ2v) is 10.8. The largest absolute Gasteiger partial charge is 0.464 e. The molecule has 0 radical (unpaired) electrons. The van der Waals surface area contributed by atoms with Crippen molar-refractivity contribution >= 4 is 23.2 Å². The molecule has 0 saturated heterocycles. The molecule has 0 aliphatic carbocycles. The molecular formula is C30H23ClF2N8O3. The highest BCUT2D eigenvalue weighted by Gasteiger charge is 2.27. The van der Waals surface area contributed by atoms with E-state index < -0.39 is 18.4 Å². The van der Waals surface area contributed by atoms with Gasteiger partial charge in [-0.1, -0.05) is 30.2 Å². The Morgan fingerprint density at radius 2 is 2.02 bits per heavy atom. The van der Waals surface area contributed by atoms with Crippen molar-refractivity contribution in [1.82, 2.24) is 29.8 Å². The third-order valence-electron chi connectivity index (χ3n) is 7.54. The number of amides is 1. The molecule has 1 N–H and O–H groups in total. The zero-order chi connectivity index (χ0) is 31.0. The first-order chi connectivity index (χ1) is 21.2. The van der Waals surface area contributed by atoms with Crippen molar-refractivity contribution in [3.63, 3.8) is 0 Å². The summed E-state index contributed by atoms with van der Waals surface area (Å²) in [5.74, 6) is -1.10. The van der Waals surface area contributed by atoms with E-state index in [2.05, 4.69) is 25.7 Å². The van der Waals surface area contributed by atoms with Crippen molar-refractivity contribution in [3.05, 3.63) is 93.4 Å². The lowest BCUT2D eigenvalue weighted by Gasteiger charge is -2.20. The lowest BCUT2D eigenvalue weighted by molar-refractivity contribution is -0.119. The topological polar surface area (TPSA) is 145 Å². The minimum absolute atomic E-state index is 0.0343. The van der Waals surface area contributed by atoms with Crippen LogP contribution < -0.4 is 10.7 Å². The molecule has 1 amide bonds. The number of fused-ring (bicyclic) bond motifs is 4. The molecule has 1 aromatic carbocycles. The molecule has 2 atom stereocenters. The van der Waals surface area contributed by atoms with Crippen molar-refractivity contribution in [3.8, 4) is 34.3 Å². The minimum Gasteiger partial charge on any atom is -0.464 e. The number of aromatic nitrogens is 6. The van der Waals surface area contributed by atoms with Crippen LogP contribution >= 0.6 is 11.6 Å². The first-order valence-electron chi connectivity index (χ1n) is 13.6. The minimum atomic E-state index is -2.95. The molecule has 5 aromatic rings. The van der Waals surface area contributed by atoms with Gasteiger partial charge in [-0.3, -0.25) is 14.6 Å². The van der Waals surface area contributed by atoms with Gasteiger partial charge in [-0.05, 0) is 43.2 Å². The van der Waals surface area contributed by atoms with E-state index in [1.807, 2.05) is 6.07 Å². The number of carbonyl (C=O) groups excluding carboxylic acids is 1. The Balaban J connectivity index is 1.44. The van der Waals surface area contributed by atoms with Gasteiger partial charge in [-0.15, -0.1) is 5.10 Å². The molecule has 14 heteroatoms. The van der Waals surface area contributed by atoms with Crippen molar-refractivity contribution < 1.29 is 18.0 Å². The van der Waals surface area contributed by atoms with Crippen LogP contribution in [-0.2, 0) is 4.79 Å². The Morgan fingerprint density at radius 3 is 2.77 bits per heavy atom. The molecular weight excluding hydrogens is 594 g/mol. The van der Waals surface area contributed by atoms with Crippen molar-refractivity contribution in [2.24, 2.45) is 5.92 Å². The summed E-state index contributed by atoms with van der Waals surface area (Å²) in [5.41, 5.74) is 2.03. The second-order valence-electron chi connectivity index (χ2n) is 10.4. The average molecular weight is 617 g/mol. The number of rotatable bonds is 4. The normalized spacial score (nSPS) is 16.9. The van der Waals surface area contributed by atoms with Crippen LogP contribution in [0.4, 0.5) is 14.5 Å². The zero-order valence-corrected chi connectivity index (χ0v) is 23.9. The molecule has 44 heavy (non-hydrogen) atoms. The number of hydrogen-bond acceptors (Lipinski definition) is 8. The fourth-order valence-corrected chi connectivity index (χ4v) is 5.48. The Labute approximate surface area is 253 Å². The number of pyridine rings is 1. The van der Waals surface area contributed by atoms with Crippen LogP contribution in [0.15, 0.2) is 70.5 Å². The molecule has 0 fully saturated rings. The van der Waals surface area contributed by atoms with Gasteiger partial charge in [-0.25, -0.2) is 9.36 Å². The van der Waals surface area contributed by atoms with E-state index in [1.165, 1.54) is 35.6 Å². The number of nitriles is 1. The standard InChI is InChI=1S/C30H23ClF2N8O3/c1-16-3-2-4-20(23-9-17(7-8-35-23)28-24(37-29(16)43)13-36-41(28)30(32)33)22-15-44-27(11-26(22)42)21-10-18(31)5-6-25(21)40-14-19(12-34)38-39-40/h5-11,13-16,20,30H,2-4H2,1H3,(H,37,43). The number of nitrogens with one attached hydrogen (secondary N) is 1. The summed E-state index contributed by atoms with van der Waals surface area (Å²) >= 11 is 6.28. The highest BCUT2D eigenvalue weighted by atomic mass is 35.5. The number of hydrogen-bond donors (Lipinski definition) is 1. The number of halogens is 3. The van der Waals surface area contributed by atoms with Gasteiger partial charge in [0.2, 0.25) is 5.91 Å². The fraction of sp³-hybridized carbons (Fsp3) is 0.233. The predicted molar refractivity (Wildman–Crippen MR) is 155 cm³/mol. The van der Waals surface area contributed by atoms with Gasteiger partial charge in [-0.2, -0.15) is 19.1 Å². The van der Waals surface area contributed by atoms with Crippen LogP contribution in [0.25, 0.3) is 28.3 Å². The molecule has 2 bridgehead atoms. The molecule has 1 aliphatic rings. The first-order valence-corrected chi connectivity index (χ1v) is 14.0. The zero-order valence-electron chi connectivity index (χ0n) is 23.1. The summed E-state index contributed by atoms with van der Waals surface area (Å²) in [6.07, 6.45) is 6.97. The summed E-state index contributed by atoms with van der Waals surface area (Å²) < 4.78 is 35.8. The lowest BCUT2D eigenvalue weighted by atomic mass is 9.88. The molecule has 5 heterocycles. The Hall–Kier alpha value is -5.22. The van der Waals surface area contributed by atoms with Crippen LogP contribution in [0.5, 0.6) is 0 Å². The molecule has 1 aliphatic heterocycles. The van der Waals surface area contributed by atoms with Crippen LogP contribution in [0, 0.1) is 17.2 Å². The number of nitrogens with zero attached hydrogens (tertiary/aromatic N) is 7. The number of benzene rings is 1. The molecule has 0 saturated carbocycles. The molecule has 6 rings (SSSR count). The monoisotopic (exact) mass is 616 g/mol. The van der Waals surface area contributed by atoms with Gasteiger partial charge in [0, 0.05) is 51.5 Å². The van der Waals surface area contributed by atoms with Gasteiger partial charge in [0.15, 0.2) is 11.1 Å². The maximum Gasteiger partial charge on any atom is 0.333 e. The van der Waals surface area contributed by atoms with E-state index in [1.54, 1.807) is 37.3 Å². The van der Waals surface area contributed by atoms with E-state index in [-0.39, 0.29) is 34.2 Å². The average Bonchev–Trinajstić information content (AvgIpc) is 3.67. The van der Waals surface area contributed by atoms with Gasteiger partial charge in [0.25, 0.3) is 0 Å². The van der Waals surface area contributed by atoms with Crippen LogP contribution in [-0.4, -0.2) is 35.7 Å². The third-order valence-corrected chi connectivity index (χ3v) is 7.78. The van der Waals surface area contributed by atoms with Gasteiger partial charge in [0.1, 0.15) is 11.8 Å². The Morgan fingerprint density at radius 1 is 1.18 bits per heavy atom. The number of anilines is 1. The highest BCUT2D eigenvalue weighted by Crippen LogP contribution is 2.37. The molecule has 2 unspecified atom stereocenters. The van der Waals surface area contributed by atoms with Gasteiger partial charge < -0.3 is 9.73 Å². The maximum absolute atomic E-state index is 13.9. The van der Waals surface area contributed by atoms with Crippen LogP contribution in [0.3, 0.4) is 0 Å². The van der Waals surface area contributed by atoms with Crippen molar-refractivity contribution in [2.45, 2.75) is 38.7 Å². The molecule has 222 valence electrons. The van der Waals surface area contributed by atoms with E-state index in [0.717, 1.165) is 0 Å². The maximum atomic E-state index is 13.9. The Bertz CT molecular complexity index is 1980. The predicted octanol–water partition coefficient (Wildman–Crippen LogP) is 5.96. The fourth-order valence-electron chi connectivity index (χ4n) is 5.31. The highest BCUT2D eigenvalue weighted by molar-refractivity contribution is 6.31. The van der Waals surface area contributed by atoms with E-state index in [9.17, 15) is 18.4 Å². The van der Waals surface area contributed by atoms with Crippen LogP contribution in [0.1, 0.15) is 55.6 Å². The van der Waals surface area contributed by atoms with E-state index >= 15 is 0 Å². The first kappa shape index (κ1) is 28.9. The second kappa shape index (κ2) is 11.8. The smallest absolute Gasteiger partial charge is 0.333 e. The number of carbonyl (C=O) groups is 1. The Kier molecular flexibility index (Phi) is 7.75. The number of alkyl halides is 2. The molecule has 4 aromatic heterocycles. The lowest BCUT2D eigenvalue weighted by Crippen LogP contribution is -2.22. The van der Waals surface area contributed by atoms with Crippen molar-refractivity contribution in [1.29, 1.82) is 5.26 Å². The van der Waals surface area contributed by atoms with Gasteiger partial charge in [0.05, 0.1) is 35.7 Å². The summed E-state index contributed by atoms with van der Waals surface area (Å²) in [6, 6.07) is 11.4. The molecule has 11 nitrogen and oxygen atoms in total.